The molecule has 0 aliphatic carbocycles. The van der Waals surface area contributed by atoms with Gasteiger partial charge in [-0.15, -0.1) is 0 Å². The van der Waals surface area contributed by atoms with Crippen LogP contribution in [-0.2, 0) is 11.2 Å². The van der Waals surface area contributed by atoms with Crippen LogP contribution in [0.5, 0.6) is 0 Å². The smallest absolute Gasteiger partial charge is 0.326 e. The Morgan fingerprint density at radius 3 is 2.56 bits per heavy atom. The first-order valence-electron chi connectivity index (χ1n) is 8.26. The third-order valence-corrected chi connectivity index (χ3v) is 4.56. The summed E-state index contributed by atoms with van der Waals surface area (Å²) in [7, 11) is 0. The van der Waals surface area contributed by atoms with Crippen molar-refractivity contribution in [1.29, 1.82) is 0 Å². The maximum atomic E-state index is 12.4. The monoisotopic (exact) mass is 384 g/mol. The first-order chi connectivity index (χ1) is 12.8. The van der Waals surface area contributed by atoms with Crippen LogP contribution in [0.2, 0.25) is 5.02 Å². The van der Waals surface area contributed by atoms with Crippen molar-refractivity contribution in [3.05, 3.63) is 80.6 Å². The Balaban J connectivity index is 1.91. The number of hydrogen-bond donors (Lipinski definition) is 3. The van der Waals surface area contributed by atoms with E-state index in [9.17, 15) is 19.5 Å². The van der Waals surface area contributed by atoms with Gasteiger partial charge < -0.3 is 15.4 Å². The third kappa shape index (κ3) is 4.17. The van der Waals surface area contributed by atoms with Crippen molar-refractivity contribution < 1.29 is 14.7 Å². The van der Waals surface area contributed by atoms with E-state index in [4.69, 9.17) is 11.6 Å². The Bertz CT molecular complexity index is 1070. The number of benzene rings is 2. The van der Waals surface area contributed by atoms with Gasteiger partial charge in [-0.2, -0.15) is 0 Å². The molecule has 1 unspecified atom stereocenters. The quantitative estimate of drug-likeness (QED) is 0.629. The molecule has 7 heteroatoms. The van der Waals surface area contributed by atoms with E-state index < -0.39 is 17.9 Å². The Hall–Kier alpha value is -3.12. The number of nitrogens with one attached hydrogen (secondary N) is 2. The third-order valence-electron chi connectivity index (χ3n) is 4.31. The fourth-order valence-electron chi connectivity index (χ4n) is 2.93. The molecule has 0 spiro atoms. The molecule has 0 fully saturated rings. The minimum Gasteiger partial charge on any atom is -0.480 e. The van der Waals surface area contributed by atoms with E-state index in [1.807, 2.05) is 25.1 Å². The number of H-pyrrole nitrogens is 1. The van der Waals surface area contributed by atoms with Crippen LogP contribution in [0.3, 0.4) is 0 Å². The zero-order chi connectivity index (χ0) is 19.6. The average molecular weight is 385 g/mol. The predicted octanol–water partition coefficient (Wildman–Crippen LogP) is 2.92. The number of carbonyl (C=O) groups is 2. The van der Waals surface area contributed by atoms with Gasteiger partial charge in [-0.25, -0.2) is 4.79 Å². The second-order valence-corrected chi connectivity index (χ2v) is 6.67. The lowest BCUT2D eigenvalue weighted by Crippen LogP contribution is -2.42. The highest BCUT2D eigenvalue weighted by Crippen LogP contribution is 2.20. The molecule has 0 aliphatic rings. The number of carboxylic acid groups (broad SMARTS) is 1. The predicted molar refractivity (Wildman–Crippen MR) is 103 cm³/mol. The minimum absolute atomic E-state index is 0.0153. The molecule has 2 aromatic carbocycles. The number of aromatic amines is 1. The van der Waals surface area contributed by atoms with Crippen molar-refractivity contribution in [2.24, 2.45) is 0 Å². The number of amides is 1. The molecule has 3 N–H and O–H groups in total. The Labute approximate surface area is 159 Å². The number of rotatable bonds is 5. The highest BCUT2D eigenvalue weighted by Gasteiger charge is 2.22. The maximum absolute atomic E-state index is 12.4. The average Bonchev–Trinajstić information content (AvgIpc) is 2.62. The second kappa shape index (κ2) is 7.63. The molecule has 138 valence electrons. The number of carboxylic acids is 1. The number of aliphatic carboxylic acids is 1. The first-order valence-corrected chi connectivity index (χ1v) is 8.63. The van der Waals surface area contributed by atoms with Gasteiger partial charge in [0.2, 0.25) is 5.56 Å². The largest absolute Gasteiger partial charge is 0.480 e. The maximum Gasteiger partial charge on any atom is 0.326 e. The van der Waals surface area contributed by atoms with Gasteiger partial charge >= 0.3 is 5.97 Å². The van der Waals surface area contributed by atoms with Crippen LogP contribution >= 0.6 is 11.6 Å². The number of aryl methyl sites for hydroxylation is 1. The topological polar surface area (TPSA) is 99.3 Å². The summed E-state index contributed by atoms with van der Waals surface area (Å²) in [5.41, 5.74) is 2.08. The van der Waals surface area contributed by atoms with E-state index >= 15 is 0 Å². The van der Waals surface area contributed by atoms with Crippen LogP contribution < -0.4 is 10.9 Å². The van der Waals surface area contributed by atoms with Gasteiger partial charge in [0.1, 0.15) is 6.04 Å². The van der Waals surface area contributed by atoms with Crippen molar-refractivity contribution in [1.82, 2.24) is 10.3 Å². The zero-order valence-electron chi connectivity index (χ0n) is 14.5. The summed E-state index contributed by atoms with van der Waals surface area (Å²) < 4.78 is 0. The summed E-state index contributed by atoms with van der Waals surface area (Å²) in [6, 6.07) is 11.8. The van der Waals surface area contributed by atoms with Crippen molar-refractivity contribution in [3.8, 4) is 0 Å². The van der Waals surface area contributed by atoms with E-state index in [0.717, 1.165) is 10.9 Å². The number of halogens is 1. The van der Waals surface area contributed by atoms with Crippen LogP contribution in [0.15, 0.2) is 53.3 Å². The molecule has 0 radical (unpaired) electrons. The van der Waals surface area contributed by atoms with Gasteiger partial charge in [-0.05, 0) is 42.3 Å². The minimum atomic E-state index is -1.18. The molecule has 0 aliphatic heterocycles. The van der Waals surface area contributed by atoms with Crippen molar-refractivity contribution in [3.63, 3.8) is 0 Å². The number of pyridine rings is 1. The highest BCUT2D eigenvalue weighted by molar-refractivity contribution is 6.30. The molecule has 1 heterocycles. The van der Waals surface area contributed by atoms with Crippen molar-refractivity contribution >= 4 is 34.4 Å². The fourth-order valence-corrected chi connectivity index (χ4v) is 3.05. The van der Waals surface area contributed by atoms with Gasteiger partial charge in [0, 0.05) is 28.5 Å². The summed E-state index contributed by atoms with van der Waals surface area (Å²) in [6.07, 6.45) is -0.0153. The summed E-state index contributed by atoms with van der Waals surface area (Å²) in [5, 5.41) is 13.3. The number of aromatic nitrogens is 1. The summed E-state index contributed by atoms with van der Waals surface area (Å²) in [5.74, 6) is -1.71. The normalized spacial score (nSPS) is 11.9. The molecule has 1 atom stereocenters. The summed E-state index contributed by atoms with van der Waals surface area (Å²) >= 11 is 5.80. The molecule has 0 saturated heterocycles. The van der Waals surface area contributed by atoms with Gasteiger partial charge in [-0.3, -0.25) is 9.59 Å². The molecule has 0 saturated carbocycles. The molecular formula is C20H17ClN2O4. The lowest BCUT2D eigenvalue weighted by atomic mass is 9.99. The molecule has 6 nitrogen and oxygen atoms in total. The van der Waals surface area contributed by atoms with E-state index in [1.54, 1.807) is 12.1 Å². The van der Waals surface area contributed by atoms with Crippen LogP contribution in [0, 0.1) is 6.92 Å². The molecule has 3 aromatic rings. The summed E-state index contributed by atoms with van der Waals surface area (Å²) in [4.78, 5) is 38.8. The van der Waals surface area contributed by atoms with Gasteiger partial charge in [0.05, 0.1) is 5.52 Å². The van der Waals surface area contributed by atoms with E-state index in [0.29, 0.717) is 21.7 Å². The van der Waals surface area contributed by atoms with Crippen molar-refractivity contribution in [2.75, 3.05) is 0 Å². The van der Waals surface area contributed by atoms with Gasteiger partial charge in [0.25, 0.3) is 5.91 Å². The molecule has 3 rings (SSSR count). The second-order valence-electron chi connectivity index (χ2n) is 6.23. The van der Waals surface area contributed by atoms with Gasteiger partial charge in [-0.1, -0.05) is 29.8 Å². The number of carbonyl (C=O) groups excluding carboxylic acids is 1. The Morgan fingerprint density at radius 1 is 1.19 bits per heavy atom. The fraction of sp³-hybridized carbons (Fsp3) is 0.150. The Morgan fingerprint density at radius 2 is 1.89 bits per heavy atom. The molecule has 27 heavy (non-hydrogen) atoms. The summed E-state index contributed by atoms with van der Waals surface area (Å²) in [6.45, 7) is 1.86. The van der Waals surface area contributed by atoms with Crippen molar-refractivity contribution in [2.45, 2.75) is 19.4 Å². The van der Waals surface area contributed by atoms with Crippen LogP contribution in [-0.4, -0.2) is 28.0 Å². The first kappa shape index (κ1) is 18.7. The number of para-hydroxylation sites is 1. The lowest BCUT2D eigenvalue weighted by molar-refractivity contribution is -0.139. The standard InChI is InChI=1S/C20H17ClN2O4/c1-11-3-2-4-15-13(10-17(24)23-18(11)15)9-16(20(26)27)22-19(25)12-5-7-14(21)8-6-12/h2-8,10,16H,9H2,1H3,(H,22,25)(H,23,24)(H,26,27). The SMILES string of the molecule is Cc1cccc2c(CC(NC(=O)c3ccc(Cl)cc3)C(=O)O)cc(=O)[nH]c12. The number of hydrogen-bond acceptors (Lipinski definition) is 3. The molecule has 1 aromatic heterocycles. The van der Waals surface area contributed by atoms with Crippen LogP contribution in [0.4, 0.5) is 0 Å². The van der Waals surface area contributed by atoms with E-state index in [2.05, 4.69) is 10.3 Å². The molecular weight excluding hydrogens is 368 g/mol. The zero-order valence-corrected chi connectivity index (χ0v) is 15.2. The van der Waals surface area contributed by atoms with E-state index in [-0.39, 0.29) is 12.0 Å². The van der Waals surface area contributed by atoms with Crippen LogP contribution in [0.1, 0.15) is 21.5 Å². The highest BCUT2D eigenvalue weighted by atomic mass is 35.5. The van der Waals surface area contributed by atoms with E-state index in [1.165, 1.54) is 18.2 Å². The number of fused-ring (bicyclic) bond motifs is 1. The molecule has 1 amide bonds. The van der Waals surface area contributed by atoms with Crippen LogP contribution in [0.25, 0.3) is 10.9 Å². The van der Waals surface area contributed by atoms with Gasteiger partial charge in [0.15, 0.2) is 0 Å². The molecule has 0 bridgehead atoms. The Kier molecular flexibility index (Phi) is 5.28. The lowest BCUT2D eigenvalue weighted by Gasteiger charge is -2.16.